The van der Waals surface area contributed by atoms with E-state index in [1.54, 1.807) is 0 Å². The number of aliphatic hydroxyl groups is 11. The van der Waals surface area contributed by atoms with E-state index in [0.29, 0.717) is 11.1 Å². The number of aliphatic hydroxyl groups excluding tert-OH is 10. The molecule has 4 aromatic carbocycles. The minimum Gasteiger partial charge on any atom is -0.571 e. The fraction of sp³-hybridized carbons (Fsp3) is 0.373. The van der Waals surface area contributed by atoms with Crippen LogP contribution in [0.4, 0.5) is 0 Å². The van der Waals surface area contributed by atoms with Gasteiger partial charge in [0.2, 0.25) is 18.9 Å². The van der Waals surface area contributed by atoms with E-state index in [0.717, 1.165) is 36.4 Å². The Labute approximate surface area is 439 Å². The second-order valence-electron chi connectivity index (χ2n) is 18.2. The normalized spacial score (nSPS) is 30.9. The van der Waals surface area contributed by atoms with Crippen molar-refractivity contribution in [3.8, 4) is 51.7 Å². The van der Waals surface area contributed by atoms with Crippen molar-refractivity contribution >= 4 is 30.2 Å². The topological polar surface area (TPSA) is 444 Å². The third-order valence-electron chi connectivity index (χ3n) is 12.8. The van der Waals surface area contributed by atoms with Gasteiger partial charge in [-0.1, -0.05) is 12.1 Å². The van der Waals surface area contributed by atoms with Crippen molar-refractivity contribution in [2.45, 2.75) is 98.2 Å². The van der Waals surface area contributed by atoms with Gasteiger partial charge in [0.1, 0.15) is 104 Å². The van der Waals surface area contributed by atoms with Gasteiger partial charge in [0.05, 0.1) is 18.2 Å². The fourth-order valence-corrected chi connectivity index (χ4v) is 8.40. The van der Waals surface area contributed by atoms with Gasteiger partial charge in [-0.3, -0.25) is 0 Å². The van der Waals surface area contributed by atoms with Crippen LogP contribution >= 0.6 is 0 Å². The van der Waals surface area contributed by atoms with Crippen LogP contribution in [-0.4, -0.2) is 210 Å². The molecule has 0 spiro atoms. The third kappa shape index (κ3) is 12.6. The highest BCUT2D eigenvalue weighted by molar-refractivity contribution is 5.87. The van der Waals surface area contributed by atoms with E-state index in [2.05, 4.69) is 0 Å². The van der Waals surface area contributed by atoms with Gasteiger partial charge in [0, 0.05) is 24.3 Å². The number of carbonyl (C=O) groups excluding carboxylic acids is 2. The van der Waals surface area contributed by atoms with Crippen LogP contribution in [0.15, 0.2) is 84.6 Å². The maximum Gasteiger partial charge on any atom is 0.330 e. The van der Waals surface area contributed by atoms with Gasteiger partial charge in [-0.25, -0.2) is 9.59 Å². The summed E-state index contributed by atoms with van der Waals surface area (Å²) in [7, 11) is 0. The highest BCUT2D eigenvalue weighted by Crippen LogP contribution is 2.48. The smallest absolute Gasteiger partial charge is 0.330 e. The number of rotatable bonds is 16. The zero-order valence-corrected chi connectivity index (χ0v) is 40.3. The summed E-state index contributed by atoms with van der Waals surface area (Å²) in [5, 5.41) is 168. The van der Waals surface area contributed by atoms with Crippen LogP contribution in [0.2, 0.25) is 0 Å². The van der Waals surface area contributed by atoms with Gasteiger partial charge in [0.15, 0.2) is 40.3 Å². The minimum atomic E-state index is -2.00. The Hall–Kier alpha value is -7.48. The summed E-state index contributed by atoms with van der Waals surface area (Å²) in [6.07, 6.45) is -23.3. The van der Waals surface area contributed by atoms with Crippen LogP contribution in [-0.2, 0) is 38.0 Å². The SMILES string of the molecule is O=C(/C=C/c1ccc(O)c(O)c1)OC[C@H]1O[C@@H](Oc2cc(C3[OH+]c4cc(O)cc(O[C@@H]5O[C@H](COC(=O)/C=C/c6ccc(O)c(O)c6)[C@@H](O)[C@H](O)[C@H]5O)c4C=C3O[C@@H]3O[C@@H](CO)[C@@H](O)[C@@H](O)[C@@H]3O)ccc2O)[C@@H](O)[C@@H](O)[C@@H]1O. The van der Waals surface area contributed by atoms with Gasteiger partial charge in [-0.2, -0.15) is 0 Å². The van der Waals surface area contributed by atoms with Crippen molar-refractivity contribution in [3.63, 3.8) is 0 Å². The minimum absolute atomic E-state index is 0.0526. The summed E-state index contributed by atoms with van der Waals surface area (Å²) < 4.78 is 50.1. The summed E-state index contributed by atoms with van der Waals surface area (Å²) in [6, 6.07) is 13.2. The van der Waals surface area contributed by atoms with Crippen molar-refractivity contribution in [1.29, 1.82) is 0 Å². The second-order valence-corrected chi connectivity index (χ2v) is 18.2. The van der Waals surface area contributed by atoms with Gasteiger partial charge in [-0.05, 0) is 65.7 Å². The predicted molar refractivity (Wildman–Crippen MR) is 258 cm³/mol. The Kier molecular flexibility index (Phi) is 17.5. The van der Waals surface area contributed by atoms with E-state index >= 15 is 0 Å². The Morgan fingerprint density at radius 3 is 1.46 bits per heavy atom. The summed E-state index contributed by atoms with van der Waals surface area (Å²) >= 11 is 0. The van der Waals surface area contributed by atoms with Crippen molar-refractivity contribution < 1.29 is 134 Å². The molecule has 4 aromatic rings. The van der Waals surface area contributed by atoms with Crippen LogP contribution in [0, 0.1) is 0 Å². The lowest BCUT2D eigenvalue weighted by molar-refractivity contribution is -0.295. The van der Waals surface area contributed by atoms with Crippen LogP contribution in [0.25, 0.3) is 18.2 Å². The molecule has 3 saturated heterocycles. The van der Waals surface area contributed by atoms with E-state index in [1.165, 1.54) is 60.7 Å². The molecule has 0 saturated carbocycles. The number of benzene rings is 4. The van der Waals surface area contributed by atoms with Crippen molar-refractivity contribution in [2.24, 2.45) is 0 Å². The highest BCUT2D eigenvalue weighted by atomic mass is 16.7. The first-order valence-electron chi connectivity index (χ1n) is 23.7. The highest BCUT2D eigenvalue weighted by Gasteiger charge is 2.49. The number of aromatic hydroxyl groups is 7. The standard InChI is InChI=1S/C51H54O27/c52-17-34-39(61)42(64)45(67)51(76-34)75-33-16-24-30(14-23(53)15-31(24)73-49-46(68)43(65)40(62)35(77-49)18-70-37(59)9-3-20-1-6-25(54)28(57)11-20)72-48(33)22-5-8-27(56)32(13-22)74-50-47(69)44(66)41(63)36(78-50)19-71-38(60)10-4-21-2-7-26(55)29(58)12-21/h1-16,34-36,39-58,61-69H,17-19H2/p+1/b9-3+,10-4+/t34-,35+,36+,39+,40+,41+,42+,43-,44-,45-,46+,47-,48?,49+,50+,51+/m0/s1. The quantitative estimate of drug-likeness (QED) is 0.0249. The Balaban J connectivity index is 1.04. The van der Waals surface area contributed by atoms with Crippen LogP contribution < -0.4 is 9.47 Å². The lowest BCUT2D eigenvalue weighted by atomic mass is 9.98. The van der Waals surface area contributed by atoms with Gasteiger partial charge in [-0.15, -0.1) is 0 Å². The van der Waals surface area contributed by atoms with E-state index in [4.69, 9.17) is 42.6 Å². The van der Waals surface area contributed by atoms with Gasteiger partial charge >= 0.3 is 11.9 Å². The average Bonchev–Trinajstić information content (AvgIpc) is 3.54. The Morgan fingerprint density at radius 2 is 0.962 bits per heavy atom. The van der Waals surface area contributed by atoms with E-state index < -0.39 is 170 Å². The maximum atomic E-state index is 12.6. The monoisotopic (exact) mass is 1100 g/mol. The third-order valence-corrected chi connectivity index (χ3v) is 12.8. The van der Waals surface area contributed by atoms with E-state index in [-0.39, 0.29) is 28.4 Å². The lowest BCUT2D eigenvalue weighted by Gasteiger charge is -2.41. The van der Waals surface area contributed by atoms with E-state index in [1.807, 2.05) is 0 Å². The molecule has 0 bridgehead atoms. The van der Waals surface area contributed by atoms with Gasteiger partial charge < -0.3 is 124 Å². The summed E-state index contributed by atoms with van der Waals surface area (Å²) in [6.45, 7) is -2.26. The van der Waals surface area contributed by atoms with Crippen LogP contribution in [0.5, 0.6) is 51.7 Å². The van der Waals surface area contributed by atoms with E-state index in [9.17, 15) is 91.3 Å². The number of phenols is 6. The number of carbonyl (C=O) groups is 2. The molecule has 1 unspecified atom stereocenters. The maximum absolute atomic E-state index is 12.6. The molecule has 16 atom stereocenters. The molecule has 78 heavy (non-hydrogen) atoms. The largest absolute Gasteiger partial charge is 0.571 e. The summed E-state index contributed by atoms with van der Waals surface area (Å²) in [5.41, 5.74) is 0.606. The van der Waals surface area contributed by atoms with Crippen LogP contribution in [0.1, 0.15) is 28.4 Å². The Morgan fingerprint density at radius 1 is 0.500 bits per heavy atom. The molecular formula is C51H55O27+. The van der Waals surface area contributed by atoms with Gasteiger partial charge in [0.25, 0.3) is 11.9 Å². The number of esters is 2. The average molecular weight is 1100 g/mol. The van der Waals surface area contributed by atoms with Crippen molar-refractivity contribution in [3.05, 3.63) is 107 Å². The molecule has 0 amide bonds. The first-order chi connectivity index (χ1) is 37.1. The predicted octanol–water partition coefficient (Wildman–Crippen LogP) is -2.04. The fourth-order valence-electron chi connectivity index (χ4n) is 8.40. The molecular weight excluding hydrogens is 1040 g/mol. The molecule has 4 aliphatic heterocycles. The van der Waals surface area contributed by atoms with Crippen molar-refractivity contribution in [2.75, 3.05) is 19.8 Å². The first-order valence-corrected chi connectivity index (χ1v) is 23.7. The molecule has 27 heteroatoms. The number of fused-ring (bicyclic) bond motifs is 1. The molecule has 17 N–H and O–H groups in total. The lowest BCUT2D eigenvalue weighted by Crippen LogP contribution is -2.60. The summed E-state index contributed by atoms with van der Waals surface area (Å²) in [5.74, 6) is -5.89. The van der Waals surface area contributed by atoms with Crippen LogP contribution in [0.3, 0.4) is 0 Å². The number of ether oxygens (including phenoxy) is 9. The Bertz CT molecular complexity index is 2890. The number of hydrogen-bond donors (Lipinski definition) is 16. The molecule has 4 aliphatic rings. The molecule has 8 rings (SSSR count). The number of hydrogen-bond acceptors (Lipinski definition) is 26. The molecule has 4 heterocycles. The zero-order valence-electron chi connectivity index (χ0n) is 40.3. The summed E-state index contributed by atoms with van der Waals surface area (Å²) in [4.78, 5) is 25.2. The zero-order chi connectivity index (χ0) is 56.3. The number of phenolic OH excluding ortho intramolecular Hbond substituents is 6. The molecule has 0 aromatic heterocycles. The second kappa shape index (κ2) is 24.0. The first kappa shape index (κ1) is 56.7. The molecule has 3 fully saturated rings. The molecule has 0 radical (unpaired) electrons. The van der Waals surface area contributed by atoms with Crippen molar-refractivity contribution in [1.82, 2.24) is 0 Å². The molecule has 420 valence electrons. The molecule has 0 aliphatic carbocycles. The molecule has 27 nitrogen and oxygen atoms in total.